The Labute approximate surface area is 254 Å². The molecule has 1 aliphatic carbocycles. The third-order valence-corrected chi connectivity index (χ3v) is 7.55. The van der Waals surface area contributed by atoms with Gasteiger partial charge in [0.25, 0.3) is 5.91 Å². The molecule has 2 aliphatic rings. The molecule has 1 saturated carbocycles. The zero-order valence-electron chi connectivity index (χ0n) is 24.7. The van der Waals surface area contributed by atoms with E-state index in [2.05, 4.69) is 10.2 Å². The van der Waals surface area contributed by atoms with Crippen molar-refractivity contribution >= 4 is 23.8 Å². The van der Waals surface area contributed by atoms with E-state index < -0.39 is 12.5 Å². The van der Waals surface area contributed by atoms with Gasteiger partial charge in [0.15, 0.2) is 12.4 Å². The van der Waals surface area contributed by atoms with E-state index in [1.807, 2.05) is 6.07 Å². The minimum absolute atomic E-state index is 0.0119. The lowest BCUT2D eigenvalue weighted by molar-refractivity contribution is -0.156. The highest BCUT2D eigenvalue weighted by Crippen LogP contribution is 2.39. The van der Waals surface area contributed by atoms with Gasteiger partial charge in [-0.3, -0.25) is 14.4 Å². The molecule has 0 saturated heterocycles. The maximum absolute atomic E-state index is 13.1. The van der Waals surface area contributed by atoms with Gasteiger partial charge in [-0.15, -0.1) is 0 Å². The van der Waals surface area contributed by atoms with Gasteiger partial charge in [-0.2, -0.15) is 13.2 Å². The number of aldehydes is 1. The van der Waals surface area contributed by atoms with Gasteiger partial charge in [0.2, 0.25) is 12.2 Å². The van der Waals surface area contributed by atoms with E-state index in [4.69, 9.17) is 14.3 Å². The van der Waals surface area contributed by atoms with Gasteiger partial charge in [0.1, 0.15) is 17.3 Å². The first kappa shape index (κ1) is 34.8. The fourth-order valence-electron chi connectivity index (χ4n) is 5.34. The molecule has 0 bridgehead atoms. The van der Waals surface area contributed by atoms with E-state index in [1.165, 1.54) is 31.4 Å². The highest BCUT2D eigenvalue weighted by atomic mass is 19.4. The van der Waals surface area contributed by atoms with E-state index in [-0.39, 0.29) is 30.0 Å². The monoisotopic (exact) mass is 624 g/mol. The van der Waals surface area contributed by atoms with Crippen molar-refractivity contribution in [1.29, 1.82) is 0 Å². The highest BCUT2D eigenvalue weighted by molar-refractivity contribution is 5.97. The molecule has 1 fully saturated rings. The van der Waals surface area contributed by atoms with Crippen LogP contribution in [0.2, 0.25) is 0 Å². The quantitative estimate of drug-likeness (QED) is 0.120. The summed E-state index contributed by atoms with van der Waals surface area (Å²) in [6, 6.07) is 10.2. The summed E-state index contributed by atoms with van der Waals surface area (Å²) in [5.41, 5.74) is 2.34. The molecule has 0 radical (unpaired) electrons. The second kappa shape index (κ2) is 17.6. The number of aromatic hydroxyl groups is 1. The Kier molecular flexibility index (Phi) is 13.9. The van der Waals surface area contributed by atoms with Crippen LogP contribution in [0.25, 0.3) is 0 Å². The third-order valence-electron chi connectivity index (χ3n) is 7.55. The molecule has 1 heterocycles. The molecule has 0 spiro atoms. The molecule has 2 N–H and O–H groups in total. The molecular weight excluding hydrogens is 584 g/mol. The number of alkyl halides is 3. The average Bonchev–Trinajstić information content (AvgIpc) is 3.01. The molecule has 12 heteroatoms. The van der Waals surface area contributed by atoms with Crippen LogP contribution in [0.3, 0.4) is 0 Å². The number of benzene rings is 2. The summed E-state index contributed by atoms with van der Waals surface area (Å²) in [4.78, 5) is 35.5. The second-order valence-corrected chi connectivity index (χ2v) is 10.9. The smallest absolute Gasteiger partial charge is 0.446 e. The van der Waals surface area contributed by atoms with Crippen LogP contribution < -0.4 is 10.1 Å². The number of unbranched alkanes of at least 4 members (excludes halogenated alkanes) is 2. The number of hydrogen-bond acceptors (Lipinski definition) is 6. The number of nitrogens with zero attached hydrogens (tertiary/aromatic N) is 1. The van der Waals surface area contributed by atoms with Crippen molar-refractivity contribution in [2.75, 3.05) is 31.7 Å². The van der Waals surface area contributed by atoms with E-state index in [1.54, 1.807) is 18.2 Å². The third kappa shape index (κ3) is 11.8. The number of anilines is 1. The van der Waals surface area contributed by atoms with Crippen molar-refractivity contribution in [2.24, 2.45) is 0 Å². The van der Waals surface area contributed by atoms with Crippen LogP contribution in [0, 0.1) is 5.82 Å². The number of halogens is 4. The predicted molar refractivity (Wildman–Crippen MR) is 156 cm³/mol. The second-order valence-electron chi connectivity index (χ2n) is 10.9. The number of ether oxygens (including phenoxy) is 2. The molecule has 2 aromatic carbocycles. The Bertz CT molecular complexity index is 1220. The minimum atomic E-state index is -4.64. The van der Waals surface area contributed by atoms with Gasteiger partial charge in [-0.05, 0) is 67.9 Å². The zero-order chi connectivity index (χ0) is 32.0. The molecule has 242 valence electrons. The Morgan fingerprint density at radius 3 is 2.41 bits per heavy atom. The fourth-order valence-corrected chi connectivity index (χ4v) is 5.34. The molecule has 44 heavy (non-hydrogen) atoms. The summed E-state index contributed by atoms with van der Waals surface area (Å²) in [6.45, 7) is 1.61. The van der Waals surface area contributed by atoms with E-state index >= 15 is 0 Å². The number of amides is 2. The molecule has 0 aromatic heterocycles. The number of fused-ring (bicyclic) bond motifs is 1. The van der Waals surface area contributed by atoms with Crippen LogP contribution in [0.1, 0.15) is 68.9 Å². The lowest BCUT2D eigenvalue weighted by Gasteiger charge is -2.34. The number of aryl methyl sites for hydroxylation is 1. The Hall–Kier alpha value is -3.67. The van der Waals surface area contributed by atoms with Crippen LogP contribution in [0.5, 0.6) is 11.5 Å². The number of nitrogens with one attached hydrogen (secondary N) is 1. The summed E-state index contributed by atoms with van der Waals surface area (Å²) >= 11 is 0. The van der Waals surface area contributed by atoms with Gasteiger partial charge in [-0.25, -0.2) is 4.39 Å². The first-order valence-electron chi connectivity index (χ1n) is 15.0. The van der Waals surface area contributed by atoms with E-state index in [0.717, 1.165) is 56.2 Å². The highest BCUT2D eigenvalue weighted by Gasteiger charge is 2.26. The van der Waals surface area contributed by atoms with Crippen LogP contribution in [0.4, 0.5) is 23.2 Å². The maximum Gasteiger partial charge on any atom is 0.446 e. The Morgan fingerprint density at radius 2 is 1.73 bits per heavy atom. The van der Waals surface area contributed by atoms with Crippen LogP contribution in [0.15, 0.2) is 36.4 Å². The molecule has 0 unspecified atom stereocenters. The van der Waals surface area contributed by atoms with Crippen molar-refractivity contribution in [1.82, 2.24) is 4.90 Å². The predicted octanol–water partition coefficient (Wildman–Crippen LogP) is 6.13. The van der Waals surface area contributed by atoms with Gasteiger partial charge in [0.05, 0.1) is 19.6 Å². The maximum atomic E-state index is 13.1. The number of carbonyl (C=O) groups is 3. The van der Waals surface area contributed by atoms with Crippen LogP contribution in [-0.4, -0.2) is 66.7 Å². The largest absolute Gasteiger partial charge is 0.506 e. The van der Waals surface area contributed by atoms with E-state index in [9.17, 15) is 32.3 Å². The molecular formula is C32H40F4N2O6. The topological polar surface area (TPSA) is 105 Å². The summed E-state index contributed by atoms with van der Waals surface area (Å²) in [5, 5.41) is 12.7. The van der Waals surface area contributed by atoms with Crippen LogP contribution in [-0.2, 0) is 32.0 Å². The summed E-state index contributed by atoms with van der Waals surface area (Å²) in [5.74, 6) is 0.221. The fraction of sp³-hybridized carbons (Fsp3) is 0.531. The van der Waals surface area contributed by atoms with Crippen molar-refractivity contribution in [3.8, 4) is 11.5 Å². The van der Waals surface area contributed by atoms with Gasteiger partial charge < -0.3 is 24.8 Å². The minimum Gasteiger partial charge on any atom is -0.506 e. The number of carbonyl (C=O) groups excluding carboxylic acids is 3. The van der Waals surface area contributed by atoms with Crippen LogP contribution >= 0.6 is 0 Å². The van der Waals surface area contributed by atoms with Gasteiger partial charge >= 0.3 is 6.18 Å². The van der Waals surface area contributed by atoms with E-state index in [0.29, 0.717) is 43.5 Å². The van der Waals surface area contributed by atoms with Crippen molar-refractivity contribution in [3.63, 3.8) is 0 Å². The molecule has 2 amide bonds. The average molecular weight is 625 g/mol. The molecule has 2 aromatic rings. The standard InChI is InChI=1S/C30H39FN2O5.C2HF3O/c31-24-13-10-22(11-14-24)16-19-37-20-17-28(36)33(25-8-4-1-5-9-25)18-6-2-3-7-23-12-15-26(34)29-30(23)38-21-27(35)32-29;3-2(4,5)1-6/h10-15,25,34H,1-9,16-21H2,(H,32,35);1H. The first-order valence-corrected chi connectivity index (χ1v) is 15.0. The van der Waals surface area contributed by atoms with Gasteiger partial charge in [0, 0.05) is 12.6 Å². The first-order chi connectivity index (χ1) is 21.1. The number of rotatable bonds is 13. The van der Waals surface area contributed by atoms with Crippen molar-refractivity contribution < 1.29 is 46.5 Å². The van der Waals surface area contributed by atoms with Crippen molar-refractivity contribution in [2.45, 2.75) is 82.8 Å². The number of hydrogen-bond donors (Lipinski definition) is 2. The molecule has 8 nitrogen and oxygen atoms in total. The molecule has 4 rings (SSSR count). The van der Waals surface area contributed by atoms with Crippen molar-refractivity contribution in [3.05, 3.63) is 53.3 Å². The summed E-state index contributed by atoms with van der Waals surface area (Å²) in [7, 11) is 0. The molecule has 0 atom stereocenters. The SMILES string of the molecule is O=C1COc2c(CCCCCN(C(=O)CCOCCc3ccc(F)cc3)C3CCCCC3)ccc(O)c2N1.O=CC(F)(F)F. The molecule has 1 aliphatic heterocycles. The lowest BCUT2D eigenvalue weighted by Crippen LogP contribution is -2.42. The normalized spacial score (nSPS) is 14.9. The Balaban J connectivity index is 0.000000801. The number of phenols is 1. The lowest BCUT2D eigenvalue weighted by atomic mass is 9.93. The zero-order valence-corrected chi connectivity index (χ0v) is 24.7. The van der Waals surface area contributed by atoms with Gasteiger partial charge in [-0.1, -0.05) is 43.9 Å². The number of phenolic OH excluding ortho intramolecular Hbond substituents is 1. The summed E-state index contributed by atoms with van der Waals surface area (Å²) in [6.07, 6.45) is 4.68. The summed E-state index contributed by atoms with van der Waals surface area (Å²) < 4.78 is 55.6. The Morgan fingerprint density at radius 1 is 1.02 bits per heavy atom.